The van der Waals surface area contributed by atoms with Crippen molar-refractivity contribution in [3.63, 3.8) is 0 Å². The number of hydrogen-bond donors (Lipinski definition) is 1. The molecule has 1 aromatic heterocycles. The molecule has 3 rings (SSSR count). The van der Waals surface area contributed by atoms with E-state index in [0.717, 1.165) is 13.0 Å². The van der Waals surface area contributed by atoms with E-state index < -0.39 is 0 Å². The zero-order valence-electron chi connectivity index (χ0n) is 11.4. The van der Waals surface area contributed by atoms with Gasteiger partial charge in [-0.25, -0.2) is 0 Å². The third-order valence-electron chi connectivity index (χ3n) is 3.68. The number of benzene rings is 1. The van der Waals surface area contributed by atoms with Crippen LogP contribution in [0.5, 0.6) is 0 Å². The SMILES string of the molecule is CCNC(Cc1sccc1Br)C1Cc2ccccc2S1. The summed E-state index contributed by atoms with van der Waals surface area (Å²) in [4.78, 5) is 2.91. The van der Waals surface area contributed by atoms with Gasteiger partial charge in [-0.3, -0.25) is 0 Å². The van der Waals surface area contributed by atoms with Crippen LogP contribution in [0.4, 0.5) is 0 Å². The maximum absolute atomic E-state index is 3.69. The predicted octanol–water partition coefficient (Wildman–Crippen LogP) is 4.75. The van der Waals surface area contributed by atoms with Gasteiger partial charge in [-0.15, -0.1) is 23.1 Å². The lowest BCUT2D eigenvalue weighted by Crippen LogP contribution is -2.39. The molecule has 0 amide bonds. The highest BCUT2D eigenvalue weighted by Gasteiger charge is 2.29. The fourth-order valence-corrected chi connectivity index (χ4v) is 5.68. The average Bonchev–Trinajstić information content (AvgIpc) is 3.04. The Kier molecular flexibility index (Phi) is 4.87. The normalized spacial score (nSPS) is 19.0. The van der Waals surface area contributed by atoms with E-state index in [-0.39, 0.29) is 0 Å². The van der Waals surface area contributed by atoms with Crippen molar-refractivity contribution < 1.29 is 0 Å². The van der Waals surface area contributed by atoms with Crippen molar-refractivity contribution in [2.45, 2.75) is 36.0 Å². The van der Waals surface area contributed by atoms with Gasteiger partial charge in [-0.1, -0.05) is 25.1 Å². The molecule has 2 atom stereocenters. The molecular weight excluding hydrogens is 350 g/mol. The van der Waals surface area contributed by atoms with Crippen LogP contribution in [0.25, 0.3) is 0 Å². The van der Waals surface area contributed by atoms with E-state index in [0.29, 0.717) is 11.3 Å². The second-order valence-corrected chi connectivity index (χ2v) is 8.16. The Hall–Kier alpha value is -0.290. The number of thioether (sulfide) groups is 1. The molecule has 2 heterocycles. The van der Waals surface area contributed by atoms with Gasteiger partial charge < -0.3 is 5.32 Å². The molecule has 0 radical (unpaired) electrons. The zero-order chi connectivity index (χ0) is 13.9. The van der Waals surface area contributed by atoms with Crippen molar-refractivity contribution in [1.82, 2.24) is 5.32 Å². The van der Waals surface area contributed by atoms with Gasteiger partial charge >= 0.3 is 0 Å². The molecule has 2 aromatic rings. The van der Waals surface area contributed by atoms with Gasteiger partial charge in [0.2, 0.25) is 0 Å². The molecule has 0 fully saturated rings. The van der Waals surface area contributed by atoms with Crippen molar-refractivity contribution in [1.29, 1.82) is 0 Å². The van der Waals surface area contributed by atoms with Crippen LogP contribution >= 0.6 is 39.0 Å². The Bertz CT molecular complexity index is 556. The molecule has 1 N–H and O–H groups in total. The van der Waals surface area contributed by atoms with E-state index in [1.54, 1.807) is 0 Å². The molecule has 20 heavy (non-hydrogen) atoms. The minimum atomic E-state index is 0.535. The minimum Gasteiger partial charge on any atom is -0.313 e. The van der Waals surface area contributed by atoms with E-state index in [1.807, 2.05) is 23.1 Å². The van der Waals surface area contributed by atoms with Gasteiger partial charge in [-0.05, 0) is 58.4 Å². The summed E-state index contributed by atoms with van der Waals surface area (Å²) in [5.41, 5.74) is 1.51. The first-order chi connectivity index (χ1) is 9.78. The molecular formula is C16H18BrNS2. The minimum absolute atomic E-state index is 0.535. The Morgan fingerprint density at radius 2 is 2.20 bits per heavy atom. The second kappa shape index (κ2) is 6.65. The van der Waals surface area contributed by atoms with Crippen LogP contribution in [0.2, 0.25) is 0 Å². The van der Waals surface area contributed by atoms with Crippen molar-refractivity contribution in [2.24, 2.45) is 0 Å². The standard InChI is InChI=1S/C16H18BrNS2/c1-2-18-13(10-15-12(17)7-8-19-15)16-9-11-5-3-4-6-14(11)20-16/h3-8,13,16,18H,2,9-10H2,1H3. The van der Waals surface area contributed by atoms with Crippen molar-refractivity contribution in [3.8, 4) is 0 Å². The molecule has 0 saturated heterocycles. The van der Waals surface area contributed by atoms with Gasteiger partial charge in [0.05, 0.1) is 0 Å². The van der Waals surface area contributed by atoms with E-state index in [4.69, 9.17) is 0 Å². The van der Waals surface area contributed by atoms with Gasteiger partial charge in [0.25, 0.3) is 0 Å². The van der Waals surface area contributed by atoms with Crippen LogP contribution in [-0.4, -0.2) is 17.8 Å². The van der Waals surface area contributed by atoms with Crippen LogP contribution in [0, 0.1) is 0 Å². The van der Waals surface area contributed by atoms with E-state index in [2.05, 4.69) is 63.9 Å². The Labute approximate surface area is 137 Å². The third-order valence-corrected chi connectivity index (χ3v) is 7.08. The Morgan fingerprint density at radius 1 is 1.35 bits per heavy atom. The molecule has 1 aliphatic rings. The lowest BCUT2D eigenvalue weighted by atomic mass is 10.0. The number of likely N-dealkylation sites (N-methyl/N-ethyl adjacent to an activating group) is 1. The number of hydrogen-bond acceptors (Lipinski definition) is 3. The second-order valence-electron chi connectivity index (χ2n) is 5.03. The number of nitrogens with one attached hydrogen (secondary N) is 1. The summed E-state index contributed by atoms with van der Waals surface area (Å²) < 4.78 is 1.26. The van der Waals surface area contributed by atoms with Crippen LogP contribution in [0.1, 0.15) is 17.4 Å². The number of halogens is 1. The summed E-state index contributed by atoms with van der Waals surface area (Å²) in [5, 5.41) is 6.50. The summed E-state index contributed by atoms with van der Waals surface area (Å²) in [6.07, 6.45) is 2.29. The van der Waals surface area contributed by atoms with Crippen LogP contribution in [0.3, 0.4) is 0 Å². The van der Waals surface area contributed by atoms with Gasteiger partial charge in [0.15, 0.2) is 0 Å². The highest BCUT2D eigenvalue weighted by molar-refractivity contribution is 9.10. The topological polar surface area (TPSA) is 12.0 Å². The monoisotopic (exact) mass is 367 g/mol. The Morgan fingerprint density at radius 3 is 2.90 bits per heavy atom. The third kappa shape index (κ3) is 3.14. The highest BCUT2D eigenvalue weighted by atomic mass is 79.9. The molecule has 1 nitrogen and oxygen atoms in total. The summed E-state index contributed by atoms with van der Waals surface area (Å²) >= 11 is 7.55. The average molecular weight is 368 g/mol. The zero-order valence-corrected chi connectivity index (χ0v) is 14.7. The lowest BCUT2D eigenvalue weighted by molar-refractivity contribution is 0.508. The van der Waals surface area contributed by atoms with Crippen molar-refractivity contribution >= 4 is 39.0 Å². The molecule has 1 aliphatic heterocycles. The van der Waals surface area contributed by atoms with E-state index in [9.17, 15) is 0 Å². The highest BCUT2D eigenvalue weighted by Crippen LogP contribution is 2.39. The van der Waals surface area contributed by atoms with Gasteiger partial charge in [-0.2, -0.15) is 0 Å². The van der Waals surface area contributed by atoms with Gasteiger partial charge in [0.1, 0.15) is 0 Å². The molecule has 0 saturated carbocycles. The summed E-state index contributed by atoms with van der Waals surface area (Å²) in [6.45, 7) is 3.23. The van der Waals surface area contributed by atoms with Crippen molar-refractivity contribution in [3.05, 3.63) is 50.6 Å². The lowest BCUT2D eigenvalue weighted by Gasteiger charge is -2.23. The maximum Gasteiger partial charge on any atom is 0.0314 e. The number of rotatable bonds is 5. The van der Waals surface area contributed by atoms with Crippen LogP contribution < -0.4 is 5.32 Å². The molecule has 0 aliphatic carbocycles. The first-order valence-corrected chi connectivity index (χ1v) is 9.53. The fourth-order valence-electron chi connectivity index (χ4n) is 2.70. The fraction of sp³-hybridized carbons (Fsp3) is 0.375. The molecule has 2 unspecified atom stereocenters. The maximum atomic E-state index is 3.69. The molecule has 0 bridgehead atoms. The summed E-state index contributed by atoms with van der Waals surface area (Å²) in [7, 11) is 0. The summed E-state index contributed by atoms with van der Waals surface area (Å²) in [6, 6.07) is 11.5. The quantitative estimate of drug-likeness (QED) is 0.818. The predicted molar refractivity (Wildman–Crippen MR) is 93.0 cm³/mol. The Balaban J connectivity index is 1.74. The first-order valence-electron chi connectivity index (χ1n) is 6.97. The van der Waals surface area contributed by atoms with Gasteiger partial charge in [0, 0.05) is 25.5 Å². The number of thiophene rings is 1. The molecule has 1 aromatic carbocycles. The molecule has 0 spiro atoms. The van der Waals surface area contributed by atoms with E-state index in [1.165, 1.54) is 26.2 Å². The van der Waals surface area contributed by atoms with Crippen LogP contribution in [-0.2, 0) is 12.8 Å². The molecule has 4 heteroatoms. The van der Waals surface area contributed by atoms with E-state index >= 15 is 0 Å². The molecule has 106 valence electrons. The number of fused-ring (bicyclic) bond motifs is 1. The summed E-state index contributed by atoms with van der Waals surface area (Å²) in [5.74, 6) is 0. The first kappa shape index (κ1) is 14.6. The van der Waals surface area contributed by atoms with Crippen LogP contribution in [0.15, 0.2) is 45.1 Å². The smallest absolute Gasteiger partial charge is 0.0314 e. The largest absolute Gasteiger partial charge is 0.313 e. The van der Waals surface area contributed by atoms with Crippen molar-refractivity contribution in [2.75, 3.05) is 6.54 Å².